The first-order chi connectivity index (χ1) is 9.61. The molecule has 0 aromatic carbocycles. The van der Waals surface area contributed by atoms with Crippen molar-refractivity contribution in [1.82, 2.24) is 5.32 Å². The Kier molecular flexibility index (Phi) is 17.1. The number of guanidine groups is 1. The first-order valence-electron chi connectivity index (χ1n) is 7.68. The number of halogens is 1. The van der Waals surface area contributed by atoms with Gasteiger partial charge in [-0.05, 0) is 25.7 Å². The SMILES string of the molecule is CCCCOC(OCCCC)[C@@H](N)CCCNC(=N)N.Cl. The second kappa shape index (κ2) is 15.8. The Morgan fingerprint density at radius 3 is 2.05 bits per heavy atom. The van der Waals surface area contributed by atoms with Crippen molar-refractivity contribution in [2.45, 2.75) is 64.7 Å². The molecule has 0 amide bonds. The number of hydrogen-bond donors (Lipinski definition) is 4. The molecule has 128 valence electrons. The molecule has 0 saturated heterocycles. The third-order valence-electron chi connectivity index (χ3n) is 2.94. The second-order valence-corrected chi connectivity index (χ2v) is 4.96. The lowest BCUT2D eigenvalue weighted by atomic mass is 10.1. The Bertz CT molecular complexity index is 235. The van der Waals surface area contributed by atoms with Gasteiger partial charge in [0.2, 0.25) is 0 Å². The van der Waals surface area contributed by atoms with E-state index in [1.807, 2.05) is 0 Å². The summed E-state index contributed by atoms with van der Waals surface area (Å²) in [5.74, 6) is -0.00601. The lowest BCUT2D eigenvalue weighted by Gasteiger charge is -2.24. The first kappa shape index (κ1) is 22.7. The van der Waals surface area contributed by atoms with Crippen LogP contribution in [0.2, 0.25) is 0 Å². The predicted molar refractivity (Wildman–Crippen MR) is 89.9 cm³/mol. The Morgan fingerprint density at radius 2 is 1.62 bits per heavy atom. The van der Waals surface area contributed by atoms with Crippen molar-refractivity contribution >= 4 is 18.4 Å². The summed E-state index contributed by atoms with van der Waals surface area (Å²) in [4.78, 5) is 0. The number of nitrogens with two attached hydrogens (primary N) is 2. The van der Waals surface area contributed by atoms with Crippen LogP contribution >= 0.6 is 12.4 Å². The van der Waals surface area contributed by atoms with Gasteiger partial charge in [0, 0.05) is 19.8 Å². The first-order valence-corrected chi connectivity index (χ1v) is 7.68. The molecule has 0 aromatic heterocycles. The van der Waals surface area contributed by atoms with Gasteiger partial charge in [-0.3, -0.25) is 5.41 Å². The maximum atomic E-state index is 7.07. The summed E-state index contributed by atoms with van der Waals surface area (Å²) in [6, 6.07) is -0.141. The highest BCUT2D eigenvalue weighted by molar-refractivity contribution is 5.85. The van der Waals surface area contributed by atoms with Gasteiger partial charge in [-0.25, -0.2) is 0 Å². The van der Waals surface area contributed by atoms with Gasteiger partial charge in [-0.1, -0.05) is 26.7 Å². The second-order valence-electron chi connectivity index (χ2n) is 4.96. The lowest BCUT2D eigenvalue weighted by Crippen LogP contribution is -2.40. The van der Waals surface area contributed by atoms with Crippen LogP contribution in [0.25, 0.3) is 0 Å². The molecule has 0 aromatic rings. The molecule has 0 fully saturated rings. The monoisotopic (exact) mass is 324 g/mol. The van der Waals surface area contributed by atoms with Gasteiger partial charge in [-0.2, -0.15) is 0 Å². The Hall–Kier alpha value is -0.560. The third kappa shape index (κ3) is 14.2. The molecule has 0 saturated carbocycles. The molecule has 6 N–H and O–H groups in total. The fourth-order valence-electron chi connectivity index (χ4n) is 1.68. The molecule has 7 heteroatoms. The zero-order valence-corrected chi connectivity index (χ0v) is 14.2. The maximum Gasteiger partial charge on any atom is 0.185 e. The average Bonchev–Trinajstić information content (AvgIpc) is 2.42. The number of hydrogen-bond acceptors (Lipinski definition) is 4. The molecular formula is C14H33ClN4O2. The molecule has 0 heterocycles. The van der Waals surface area contributed by atoms with E-state index in [4.69, 9.17) is 26.4 Å². The maximum absolute atomic E-state index is 7.07. The molecular weight excluding hydrogens is 292 g/mol. The van der Waals surface area contributed by atoms with E-state index in [2.05, 4.69) is 19.2 Å². The third-order valence-corrected chi connectivity index (χ3v) is 2.94. The van der Waals surface area contributed by atoms with Crippen LogP contribution in [0.15, 0.2) is 0 Å². The van der Waals surface area contributed by atoms with Crippen molar-refractivity contribution in [3.63, 3.8) is 0 Å². The number of unbranched alkanes of at least 4 members (excludes halogenated alkanes) is 2. The van der Waals surface area contributed by atoms with Crippen LogP contribution in [-0.2, 0) is 9.47 Å². The molecule has 0 radical (unpaired) electrons. The van der Waals surface area contributed by atoms with Crippen LogP contribution in [0.4, 0.5) is 0 Å². The number of rotatable bonds is 13. The van der Waals surface area contributed by atoms with Crippen molar-refractivity contribution in [2.75, 3.05) is 19.8 Å². The molecule has 0 spiro atoms. The van der Waals surface area contributed by atoms with E-state index >= 15 is 0 Å². The summed E-state index contributed by atoms with van der Waals surface area (Å²) in [5.41, 5.74) is 11.4. The molecule has 0 aliphatic heterocycles. The lowest BCUT2D eigenvalue weighted by molar-refractivity contribution is -0.156. The van der Waals surface area contributed by atoms with Crippen molar-refractivity contribution < 1.29 is 9.47 Å². The van der Waals surface area contributed by atoms with Crippen molar-refractivity contribution in [3.05, 3.63) is 0 Å². The smallest absolute Gasteiger partial charge is 0.185 e. The van der Waals surface area contributed by atoms with Gasteiger partial charge in [-0.15, -0.1) is 12.4 Å². The van der Waals surface area contributed by atoms with E-state index in [1.54, 1.807) is 0 Å². The van der Waals surface area contributed by atoms with E-state index in [-0.39, 0.29) is 30.7 Å². The van der Waals surface area contributed by atoms with Crippen molar-refractivity contribution in [3.8, 4) is 0 Å². The highest BCUT2D eigenvalue weighted by atomic mass is 35.5. The summed E-state index contributed by atoms with van der Waals surface area (Å²) >= 11 is 0. The fourth-order valence-corrected chi connectivity index (χ4v) is 1.68. The minimum absolute atomic E-state index is 0. The number of ether oxygens (including phenoxy) is 2. The van der Waals surface area contributed by atoms with Crippen molar-refractivity contribution in [1.29, 1.82) is 5.41 Å². The van der Waals surface area contributed by atoms with Crippen LogP contribution in [0.3, 0.4) is 0 Å². The van der Waals surface area contributed by atoms with Gasteiger partial charge >= 0.3 is 0 Å². The van der Waals surface area contributed by atoms with Gasteiger partial charge in [0.05, 0.1) is 6.04 Å². The molecule has 0 aliphatic rings. The van der Waals surface area contributed by atoms with Crippen LogP contribution in [0, 0.1) is 5.41 Å². The molecule has 0 bridgehead atoms. The van der Waals surface area contributed by atoms with E-state index in [1.165, 1.54) is 0 Å². The van der Waals surface area contributed by atoms with E-state index in [9.17, 15) is 0 Å². The van der Waals surface area contributed by atoms with E-state index in [0.717, 1.165) is 38.5 Å². The highest BCUT2D eigenvalue weighted by Crippen LogP contribution is 2.08. The molecule has 21 heavy (non-hydrogen) atoms. The molecule has 1 atom stereocenters. The minimum Gasteiger partial charge on any atom is -0.370 e. The molecule has 0 rings (SSSR count). The quantitative estimate of drug-likeness (QED) is 0.179. The van der Waals surface area contributed by atoms with Gasteiger partial charge < -0.3 is 26.3 Å². The molecule has 0 aliphatic carbocycles. The fraction of sp³-hybridized carbons (Fsp3) is 0.929. The standard InChI is InChI=1S/C14H32N4O2.ClH/c1-3-5-10-19-13(20-11-6-4-2)12(15)8-7-9-18-14(16)17;/h12-13H,3-11,15H2,1-2H3,(H4,16,17,18);1H/t12-;/m0./s1. The molecule has 6 nitrogen and oxygen atoms in total. The minimum atomic E-state index is -0.328. The zero-order valence-electron chi connectivity index (χ0n) is 13.4. The Labute approximate surface area is 135 Å². The Morgan fingerprint density at radius 1 is 1.10 bits per heavy atom. The van der Waals surface area contributed by atoms with Crippen LogP contribution in [0.5, 0.6) is 0 Å². The average molecular weight is 325 g/mol. The summed E-state index contributed by atoms with van der Waals surface area (Å²) in [5, 5.41) is 9.84. The summed E-state index contributed by atoms with van der Waals surface area (Å²) < 4.78 is 11.5. The van der Waals surface area contributed by atoms with Crippen LogP contribution < -0.4 is 16.8 Å². The normalized spacial score (nSPS) is 12.0. The number of nitrogens with one attached hydrogen (secondary N) is 2. The molecule has 0 unspecified atom stereocenters. The van der Waals surface area contributed by atoms with E-state index < -0.39 is 0 Å². The highest BCUT2D eigenvalue weighted by Gasteiger charge is 2.18. The van der Waals surface area contributed by atoms with Crippen LogP contribution in [0.1, 0.15) is 52.4 Å². The zero-order chi connectivity index (χ0) is 15.2. The summed E-state index contributed by atoms with van der Waals surface area (Å²) in [7, 11) is 0. The largest absolute Gasteiger partial charge is 0.370 e. The van der Waals surface area contributed by atoms with Crippen LogP contribution in [-0.4, -0.2) is 38.0 Å². The van der Waals surface area contributed by atoms with E-state index in [0.29, 0.717) is 19.8 Å². The Balaban J connectivity index is 0. The van der Waals surface area contributed by atoms with Gasteiger partial charge in [0.1, 0.15) is 0 Å². The topological polar surface area (TPSA) is 106 Å². The van der Waals surface area contributed by atoms with Crippen molar-refractivity contribution in [2.24, 2.45) is 11.5 Å². The summed E-state index contributed by atoms with van der Waals surface area (Å²) in [6.45, 7) is 6.28. The van der Waals surface area contributed by atoms with Gasteiger partial charge in [0.15, 0.2) is 12.2 Å². The van der Waals surface area contributed by atoms with Gasteiger partial charge in [0.25, 0.3) is 0 Å². The predicted octanol–water partition coefficient (Wildman–Crippen LogP) is 1.96. The summed E-state index contributed by atoms with van der Waals surface area (Å²) in [6.07, 6.45) is 5.52.